The lowest BCUT2D eigenvalue weighted by Gasteiger charge is -2.38. The number of methoxy groups -OCH3 is 1. The topological polar surface area (TPSA) is 226 Å². The number of anilines is 2. The Bertz CT molecular complexity index is 3400. The van der Waals surface area contributed by atoms with Crippen LogP contribution in [-0.2, 0) is 37.0 Å². The molecule has 9 atom stereocenters. The maximum atomic E-state index is 15.3. The number of benzene rings is 4. The monoisotopic (exact) mass is 1140 g/mol. The third-order valence-corrected chi connectivity index (χ3v) is 17.2. The van der Waals surface area contributed by atoms with E-state index in [9.17, 15) is 29.7 Å². The van der Waals surface area contributed by atoms with Gasteiger partial charge in [-0.3, -0.25) is 29.0 Å². The molecule has 5 heterocycles. The molecule has 446 valence electrons. The number of allylic oxidation sites excluding steroid dienone is 2. The van der Waals surface area contributed by atoms with Gasteiger partial charge in [0.15, 0.2) is 28.1 Å². The largest absolute Gasteiger partial charge is 0.505 e. The first kappa shape index (κ1) is 60.7. The summed E-state index contributed by atoms with van der Waals surface area (Å²) in [5, 5.41) is 38.3. The number of Topliss-reactive ketones (excluding diaryl/α,β-unsaturated/α-hetero) is 1. The maximum absolute atomic E-state index is 15.3. The number of aliphatic hydroxyl groups excluding tert-OH is 2. The summed E-state index contributed by atoms with van der Waals surface area (Å²) in [5.74, 6) is -6.55. The molecular formula is C64H82N6O13. The Labute approximate surface area is 485 Å². The number of phenols is 1. The molecular weight excluding hydrogens is 1060 g/mol. The first-order chi connectivity index (χ1) is 39.5. The number of ketones is 1. The summed E-state index contributed by atoms with van der Waals surface area (Å²) in [5.41, 5.74) is 2.28. The molecule has 19 heteroatoms. The van der Waals surface area contributed by atoms with E-state index in [2.05, 4.69) is 70.1 Å². The smallest absolute Gasteiger partial charge is 0.312 e. The van der Waals surface area contributed by atoms with Gasteiger partial charge in [0.2, 0.25) is 0 Å². The fraction of sp³-hybridized carbons (Fsp3) is 0.516. The van der Waals surface area contributed by atoms with Crippen molar-refractivity contribution in [3.63, 3.8) is 0 Å². The number of ether oxygens (including phenoxy) is 5. The molecule has 9 rings (SSSR count). The zero-order valence-corrected chi connectivity index (χ0v) is 50.0. The molecule has 4 N–H and O–H groups in total. The quantitative estimate of drug-likeness (QED) is 0.0448. The number of likely N-dealkylation sites (N-methyl/N-ethyl adjacent to an activating group) is 1. The highest BCUT2D eigenvalue weighted by Gasteiger charge is 2.50. The van der Waals surface area contributed by atoms with Crippen LogP contribution in [0.25, 0.3) is 33.0 Å². The molecule has 0 saturated carbocycles. The Kier molecular flexibility index (Phi) is 18.4. The van der Waals surface area contributed by atoms with E-state index in [0.717, 1.165) is 63.6 Å². The van der Waals surface area contributed by atoms with E-state index < -0.39 is 82.7 Å². The number of nitrogens with zero attached hydrogens (tertiary/aromatic N) is 5. The predicted octanol–water partition coefficient (Wildman–Crippen LogP) is 8.10. The minimum absolute atomic E-state index is 0.0176. The van der Waals surface area contributed by atoms with Crippen molar-refractivity contribution in [3.8, 4) is 17.2 Å². The van der Waals surface area contributed by atoms with Crippen LogP contribution in [0.15, 0.2) is 81.7 Å². The lowest BCUT2D eigenvalue weighted by molar-refractivity contribution is -0.160. The van der Waals surface area contributed by atoms with Crippen LogP contribution in [0.5, 0.6) is 17.2 Å². The third kappa shape index (κ3) is 12.7. The van der Waals surface area contributed by atoms with Crippen LogP contribution in [0.3, 0.4) is 0 Å². The number of fused-ring (bicyclic) bond motifs is 2. The molecule has 19 nitrogen and oxygen atoms in total. The van der Waals surface area contributed by atoms with Crippen LogP contribution in [0.4, 0.5) is 11.4 Å². The van der Waals surface area contributed by atoms with Gasteiger partial charge in [-0.15, -0.1) is 0 Å². The highest BCUT2D eigenvalue weighted by atomic mass is 16.7. The number of aromatic nitrogens is 1. The molecule has 0 spiro atoms. The SMILES string of the molecule is CO[C@H]1/C=C/O[C@@]2(C)Oc3c(C)c(=O)c4c(O)c(c5oc6cc(N7CCN(CC(C)C)CC7)cc(OCc7ccc(CN8CCN(C)CC8)cc7)c6nc5c4c3C2=O)NC(=O)/C(C)=C\C=C\[C@H](C)[C@H](O)[C@@H](C)[C@@H](O)[C@@H](C)[C@H](OC(C)=O)[C@@H]1C. The summed E-state index contributed by atoms with van der Waals surface area (Å²) in [6.45, 7) is 26.2. The fourth-order valence-electron chi connectivity index (χ4n) is 12.0. The van der Waals surface area contributed by atoms with Crippen molar-refractivity contribution in [1.82, 2.24) is 19.7 Å². The molecule has 0 unspecified atom stereocenters. The molecule has 5 aromatic rings. The van der Waals surface area contributed by atoms with Crippen LogP contribution >= 0.6 is 0 Å². The second-order valence-corrected chi connectivity index (χ2v) is 23.9. The average Bonchev–Trinajstić information content (AvgIpc) is 2.55. The van der Waals surface area contributed by atoms with Crippen LogP contribution in [-0.4, -0.2) is 156 Å². The van der Waals surface area contributed by atoms with E-state index in [4.69, 9.17) is 33.1 Å². The second-order valence-electron chi connectivity index (χ2n) is 23.9. The van der Waals surface area contributed by atoms with Gasteiger partial charge in [-0.1, -0.05) is 84.0 Å². The predicted molar refractivity (Wildman–Crippen MR) is 319 cm³/mol. The second kappa shape index (κ2) is 25.1. The van der Waals surface area contributed by atoms with E-state index >= 15 is 4.79 Å². The van der Waals surface area contributed by atoms with Gasteiger partial charge in [-0.2, -0.15) is 0 Å². The lowest BCUT2D eigenvalue weighted by Crippen LogP contribution is -2.47. The Balaban J connectivity index is 1.21. The van der Waals surface area contributed by atoms with E-state index in [1.165, 1.54) is 51.9 Å². The van der Waals surface area contributed by atoms with Crippen LogP contribution in [0.2, 0.25) is 0 Å². The summed E-state index contributed by atoms with van der Waals surface area (Å²) in [6, 6.07) is 12.1. The molecule has 1 amide bonds. The van der Waals surface area contributed by atoms with Gasteiger partial charge in [-0.25, -0.2) is 4.98 Å². The Morgan fingerprint density at radius 2 is 1.54 bits per heavy atom. The number of nitrogens with one attached hydrogen (secondary N) is 1. The molecule has 4 aliphatic heterocycles. The van der Waals surface area contributed by atoms with Gasteiger partial charge in [0.25, 0.3) is 11.7 Å². The summed E-state index contributed by atoms with van der Waals surface area (Å²) >= 11 is 0. The number of amides is 1. The van der Waals surface area contributed by atoms with E-state index in [1.54, 1.807) is 46.8 Å². The van der Waals surface area contributed by atoms with Crippen LogP contribution in [0.1, 0.15) is 89.4 Å². The van der Waals surface area contributed by atoms with E-state index in [1.807, 2.05) is 12.1 Å². The molecule has 4 bridgehead atoms. The lowest BCUT2D eigenvalue weighted by atomic mass is 9.78. The van der Waals surface area contributed by atoms with Crippen molar-refractivity contribution in [2.75, 3.05) is 83.3 Å². The Morgan fingerprint density at radius 3 is 2.20 bits per heavy atom. The number of phenolic OH excluding ortho intramolecular Hbond substituents is 1. The number of hydrogen-bond donors (Lipinski definition) is 4. The number of piperazine rings is 2. The van der Waals surface area contributed by atoms with Crippen LogP contribution in [0, 0.1) is 36.5 Å². The van der Waals surface area contributed by atoms with Crippen molar-refractivity contribution >= 4 is 62.0 Å². The number of carbonyl (C=O) groups is 3. The van der Waals surface area contributed by atoms with Crippen LogP contribution < -0.4 is 25.1 Å². The highest BCUT2D eigenvalue weighted by Crippen LogP contribution is 2.49. The molecule has 1 aromatic heterocycles. The first-order valence-corrected chi connectivity index (χ1v) is 29.0. The summed E-state index contributed by atoms with van der Waals surface area (Å²) in [6.07, 6.45) is 3.64. The molecule has 0 aliphatic carbocycles. The summed E-state index contributed by atoms with van der Waals surface area (Å²) < 4.78 is 38.1. The Morgan fingerprint density at radius 1 is 0.867 bits per heavy atom. The van der Waals surface area contributed by atoms with Gasteiger partial charge in [-0.05, 0) is 44.0 Å². The minimum atomic E-state index is -2.10. The van der Waals surface area contributed by atoms with Gasteiger partial charge in [0.05, 0.1) is 35.5 Å². The fourth-order valence-corrected chi connectivity index (χ4v) is 12.0. The van der Waals surface area contributed by atoms with Crippen molar-refractivity contribution in [2.24, 2.45) is 29.6 Å². The van der Waals surface area contributed by atoms with Gasteiger partial charge in [0, 0.05) is 144 Å². The average molecular weight is 1140 g/mol. The number of hydrogen-bond acceptors (Lipinski definition) is 18. The maximum Gasteiger partial charge on any atom is 0.312 e. The molecule has 4 aliphatic rings. The standard InChI is InChI=1S/C64H82N6O13/c1-35(2)32-68-25-27-70(28-26-68)45-30-47(79-34-44-18-16-43(17-19-44)33-69-23-21-67(11)22-24-69)52-48(31-45)82-61-53(65-52)49-50-57(74)41(8)60-51(49)62(76)64(10,83-60)80-29-20-46(78-12)38(5)59(81-42(9)71)40(7)56(73)39(6)55(72)36(3)14-13-15-37(4)63(77)66-54(61)58(50)75/h13-20,29-31,35-36,38-40,46,55-56,59,72-73,75H,21-28,32-34H2,1-12H3,(H,66,77)/b14-13+,29-20+,37-15-/t36-,38+,39+,40+,46-,55-,56+,59+,64-/m0/s1. The van der Waals surface area contributed by atoms with Crippen molar-refractivity contribution in [3.05, 3.63) is 105 Å². The number of carbonyl (C=O) groups excluding carboxylic acids is 3. The van der Waals surface area contributed by atoms with E-state index in [0.29, 0.717) is 24.8 Å². The number of esters is 1. The first-order valence-electron chi connectivity index (χ1n) is 29.0. The zero-order chi connectivity index (χ0) is 59.8. The van der Waals surface area contributed by atoms with Crippen molar-refractivity contribution in [1.29, 1.82) is 0 Å². The molecule has 4 aromatic carbocycles. The number of rotatable bonds is 10. The van der Waals surface area contributed by atoms with Crippen molar-refractivity contribution < 1.29 is 57.8 Å². The molecule has 2 saturated heterocycles. The Hall–Kier alpha value is -6.87. The molecule has 83 heavy (non-hydrogen) atoms. The summed E-state index contributed by atoms with van der Waals surface area (Å²) in [7, 11) is 3.60. The van der Waals surface area contributed by atoms with Gasteiger partial charge >= 0.3 is 11.8 Å². The normalized spacial score (nSPS) is 27.8. The zero-order valence-electron chi connectivity index (χ0n) is 50.0. The van der Waals surface area contributed by atoms with Gasteiger partial charge in [0.1, 0.15) is 35.2 Å². The number of aromatic hydroxyl groups is 1. The molecule has 2 fully saturated rings. The highest BCUT2D eigenvalue weighted by molar-refractivity contribution is 6.26. The summed E-state index contributed by atoms with van der Waals surface area (Å²) in [4.78, 5) is 71.9. The molecule has 0 radical (unpaired) electrons. The minimum Gasteiger partial charge on any atom is -0.505 e. The third-order valence-electron chi connectivity index (χ3n) is 17.2. The van der Waals surface area contributed by atoms with Gasteiger partial charge < -0.3 is 58.5 Å². The van der Waals surface area contributed by atoms with E-state index in [-0.39, 0.29) is 67.7 Å². The number of aliphatic hydroxyl groups is 2. The van der Waals surface area contributed by atoms with Crippen molar-refractivity contribution in [2.45, 2.75) is 113 Å².